The molecule has 0 radical (unpaired) electrons. The minimum absolute atomic E-state index is 0.125. The number of aliphatic carboxylic acids is 2. The van der Waals surface area contributed by atoms with E-state index in [-0.39, 0.29) is 12.3 Å². The number of carbonyl (C=O) groups is 2. The second-order valence-corrected chi connectivity index (χ2v) is 3.84. The number of rotatable bonds is 2. The van der Waals surface area contributed by atoms with Crippen molar-refractivity contribution in [2.24, 2.45) is 17.8 Å². The number of carboxylic acid groups (broad SMARTS) is 2. The van der Waals surface area contributed by atoms with Gasteiger partial charge in [-0.3, -0.25) is 0 Å². The Morgan fingerprint density at radius 3 is 1.69 bits per heavy atom. The fraction of sp³-hybridized carbons (Fsp3) is 0.778. The fourth-order valence-corrected chi connectivity index (χ4v) is 1.99. The molecule has 0 N–H and O–H groups in total. The zero-order chi connectivity index (χ0) is 10.0. The predicted octanol–water partition coefficient (Wildman–Crippen LogP) is -1.46. The smallest absolute Gasteiger partial charge is 0.0445 e. The molecule has 4 nitrogen and oxygen atoms in total. The molecule has 1 aliphatic rings. The summed E-state index contributed by atoms with van der Waals surface area (Å²) in [5.74, 6) is -3.39. The first-order chi connectivity index (χ1) is 6.00. The van der Waals surface area contributed by atoms with E-state index in [0.717, 1.165) is 0 Å². The van der Waals surface area contributed by atoms with E-state index in [0.29, 0.717) is 12.8 Å². The maximum atomic E-state index is 10.5. The molecule has 1 rings (SSSR count). The van der Waals surface area contributed by atoms with Gasteiger partial charge in [0.05, 0.1) is 0 Å². The van der Waals surface area contributed by atoms with E-state index < -0.39 is 23.8 Å². The summed E-state index contributed by atoms with van der Waals surface area (Å²) >= 11 is 0. The van der Waals surface area contributed by atoms with Crippen molar-refractivity contribution in [1.29, 1.82) is 0 Å². The van der Waals surface area contributed by atoms with Gasteiger partial charge < -0.3 is 19.8 Å². The maximum absolute atomic E-state index is 10.5. The summed E-state index contributed by atoms with van der Waals surface area (Å²) in [7, 11) is 0. The van der Waals surface area contributed by atoms with Crippen LogP contribution in [0.4, 0.5) is 0 Å². The Hall–Kier alpha value is -1.06. The number of hydrogen-bond donors (Lipinski definition) is 0. The highest BCUT2D eigenvalue weighted by Gasteiger charge is 2.27. The molecule has 0 aromatic rings. The maximum Gasteiger partial charge on any atom is 0.0445 e. The molecule has 0 heterocycles. The van der Waals surface area contributed by atoms with Crippen molar-refractivity contribution in [2.75, 3.05) is 0 Å². The van der Waals surface area contributed by atoms with Gasteiger partial charge in [0.1, 0.15) is 0 Å². The van der Waals surface area contributed by atoms with Crippen LogP contribution in [0.1, 0.15) is 26.2 Å². The third-order valence-electron chi connectivity index (χ3n) is 2.61. The first kappa shape index (κ1) is 10.0. The first-order valence-electron chi connectivity index (χ1n) is 4.42. The highest BCUT2D eigenvalue weighted by Crippen LogP contribution is 2.32. The van der Waals surface area contributed by atoms with Crippen molar-refractivity contribution in [3.8, 4) is 0 Å². The zero-order valence-electron chi connectivity index (χ0n) is 7.49. The lowest BCUT2D eigenvalue weighted by molar-refractivity contribution is -0.318. The quantitative estimate of drug-likeness (QED) is 0.525. The standard InChI is InChI=1S/C9H14O4/c1-5-2-6(8(10)11)4-7(3-5)9(12)13/h5-7H,2-4H2,1H3,(H,10,11)(H,12,13)/p-2. The Balaban J connectivity index is 2.62. The lowest BCUT2D eigenvalue weighted by Crippen LogP contribution is -2.42. The second-order valence-electron chi connectivity index (χ2n) is 3.84. The average molecular weight is 184 g/mol. The van der Waals surface area contributed by atoms with Gasteiger partial charge in [-0.15, -0.1) is 0 Å². The molecule has 0 aromatic heterocycles. The summed E-state index contributed by atoms with van der Waals surface area (Å²) in [6.07, 6.45) is 1.20. The van der Waals surface area contributed by atoms with Gasteiger partial charge in [0, 0.05) is 11.9 Å². The average Bonchev–Trinajstić information content (AvgIpc) is 2.03. The normalized spacial score (nSPS) is 34.1. The molecule has 13 heavy (non-hydrogen) atoms. The largest absolute Gasteiger partial charge is 0.550 e. The van der Waals surface area contributed by atoms with Crippen LogP contribution >= 0.6 is 0 Å². The van der Waals surface area contributed by atoms with Crippen LogP contribution < -0.4 is 10.2 Å². The monoisotopic (exact) mass is 184 g/mol. The highest BCUT2D eigenvalue weighted by molar-refractivity contribution is 5.72. The van der Waals surface area contributed by atoms with Gasteiger partial charge in [0.2, 0.25) is 0 Å². The highest BCUT2D eigenvalue weighted by atomic mass is 16.4. The van der Waals surface area contributed by atoms with E-state index in [9.17, 15) is 19.8 Å². The summed E-state index contributed by atoms with van der Waals surface area (Å²) in [6.45, 7) is 1.85. The summed E-state index contributed by atoms with van der Waals surface area (Å²) in [6, 6.07) is 0. The van der Waals surface area contributed by atoms with Crippen molar-refractivity contribution in [3.05, 3.63) is 0 Å². The van der Waals surface area contributed by atoms with Gasteiger partial charge in [-0.25, -0.2) is 0 Å². The Bertz CT molecular complexity index is 202. The molecule has 0 saturated heterocycles. The van der Waals surface area contributed by atoms with Gasteiger partial charge >= 0.3 is 0 Å². The first-order valence-corrected chi connectivity index (χ1v) is 4.42. The molecule has 0 aromatic carbocycles. The minimum Gasteiger partial charge on any atom is -0.550 e. The lowest BCUT2D eigenvalue weighted by atomic mass is 9.76. The van der Waals surface area contributed by atoms with Crippen LogP contribution in [0.15, 0.2) is 0 Å². The van der Waals surface area contributed by atoms with Gasteiger partial charge in [0.25, 0.3) is 0 Å². The van der Waals surface area contributed by atoms with Crippen LogP contribution in [0.5, 0.6) is 0 Å². The topological polar surface area (TPSA) is 80.3 Å². The van der Waals surface area contributed by atoms with Crippen molar-refractivity contribution in [3.63, 3.8) is 0 Å². The van der Waals surface area contributed by atoms with E-state index in [2.05, 4.69) is 0 Å². The van der Waals surface area contributed by atoms with Gasteiger partial charge in [-0.05, 0) is 37.0 Å². The van der Waals surface area contributed by atoms with Crippen molar-refractivity contribution < 1.29 is 19.8 Å². The summed E-state index contributed by atoms with van der Waals surface area (Å²) < 4.78 is 0. The molecule has 2 unspecified atom stereocenters. The van der Waals surface area contributed by atoms with E-state index in [1.165, 1.54) is 0 Å². The van der Waals surface area contributed by atoms with E-state index in [1.807, 2.05) is 6.92 Å². The van der Waals surface area contributed by atoms with Crippen molar-refractivity contribution in [1.82, 2.24) is 0 Å². The van der Waals surface area contributed by atoms with Crippen molar-refractivity contribution >= 4 is 11.9 Å². The molecule has 4 heteroatoms. The molecule has 0 amide bonds. The SMILES string of the molecule is CC1CC(C(=O)[O-])CC(C(=O)[O-])C1. The molecule has 0 spiro atoms. The second kappa shape index (κ2) is 3.77. The van der Waals surface area contributed by atoms with Crippen LogP contribution in [0, 0.1) is 17.8 Å². The molecule has 0 aliphatic heterocycles. The Morgan fingerprint density at radius 1 is 1.00 bits per heavy atom. The van der Waals surface area contributed by atoms with E-state index in [4.69, 9.17) is 0 Å². The Kier molecular flexibility index (Phi) is 2.90. The molecule has 2 atom stereocenters. The molecule has 1 saturated carbocycles. The third-order valence-corrected chi connectivity index (χ3v) is 2.61. The van der Waals surface area contributed by atoms with Crippen LogP contribution in [0.2, 0.25) is 0 Å². The summed E-state index contributed by atoms with van der Waals surface area (Å²) in [5, 5.41) is 21.1. The van der Waals surface area contributed by atoms with Gasteiger partial charge in [0.15, 0.2) is 0 Å². The van der Waals surface area contributed by atoms with E-state index >= 15 is 0 Å². The van der Waals surface area contributed by atoms with Gasteiger partial charge in [-0.2, -0.15) is 0 Å². The van der Waals surface area contributed by atoms with Crippen LogP contribution in [0.25, 0.3) is 0 Å². The Morgan fingerprint density at radius 2 is 1.38 bits per heavy atom. The number of carbonyl (C=O) groups excluding carboxylic acids is 2. The Labute approximate surface area is 76.6 Å². The lowest BCUT2D eigenvalue weighted by Gasteiger charge is -2.34. The molecular weight excluding hydrogens is 172 g/mol. The summed E-state index contributed by atoms with van der Waals surface area (Å²) in [4.78, 5) is 21.1. The zero-order valence-corrected chi connectivity index (χ0v) is 7.49. The number of carboxylic acids is 2. The molecule has 0 bridgehead atoms. The molecule has 1 aliphatic carbocycles. The van der Waals surface area contributed by atoms with Crippen LogP contribution in [-0.4, -0.2) is 11.9 Å². The molecule has 1 fully saturated rings. The van der Waals surface area contributed by atoms with Crippen molar-refractivity contribution in [2.45, 2.75) is 26.2 Å². The van der Waals surface area contributed by atoms with Gasteiger partial charge in [-0.1, -0.05) is 6.92 Å². The molecule has 74 valence electrons. The third kappa shape index (κ3) is 2.44. The van der Waals surface area contributed by atoms with Crippen LogP contribution in [0.3, 0.4) is 0 Å². The van der Waals surface area contributed by atoms with E-state index in [1.54, 1.807) is 0 Å². The van der Waals surface area contributed by atoms with Crippen LogP contribution in [-0.2, 0) is 9.59 Å². The fourth-order valence-electron chi connectivity index (χ4n) is 1.99. The molecular formula is C9H12O4-2. The summed E-state index contributed by atoms with van der Waals surface area (Å²) in [5.41, 5.74) is 0. The predicted molar refractivity (Wildman–Crippen MR) is 40.0 cm³/mol. The minimum atomic E-state index is -1.14. The number of hydrogen-bond acceptors (Lipinski definition) is 4.